The highest BCUT2D eigenvalue weighted by Crippen LogP contribution is 2.41. The summed E-state index contributed by atoms with van der Waals surface area (Å²) in [7, 11) is 0. The lowest BCUT2D eigenvalue weighted by atomic mass is 9.98. The van der Waals surface area contributed by atoms with E-state index in [1.165, 1.54) is 59.0 Å². The number of aryl methyl sites for hydroxylation is 1. The molecule has 0 radical (unpaired) electrons. The maximum Gasteiger partial charge on any atom is 0.160 e. The summed E-state index contributed by atoms with van der Waals surface area (Å²) in [6.45, 7) is 2.15. The fourth-order valence-electron chi connectivity index (χ4n) is 7.41. The van der Waals surface area contributed by atoms with Crippen LogP contribution < -0.4 is 0 Å². The molecular weight excluding hydrogens is 663 g/mol. The zero-order valence-electron chi connectivity index (χ0n) is 29.1. The van der Waals surface area contributed by atoms with Crippen LogP contribution in [0, 0.1) is 6.92 Å². The molecule has 10 aromatic rings. The van der Waals surface area contributed by atoms with Crippen molar-refractivity contribution in [3.63, 3.8) is 0 Å². The Bertz CT molecular complexity index is 2940. The Kier molecular flexibility index (Phi) is 7.55. The molecule has 3 aromatic heterocycles. The molecule has 250 valence electrons. The minimum atomic E-state index is 0.711. The van der Waals surface area contributed by atoms with Crippen LogP contribution in [0.25, 0.3) is 92.9 Å². The first-order valence-corrected chi connectivity index (χ1v) is 18.7. The molecule has 0 aliphatic heterocycles. The number of rotatable bonds is 6. The van der Waals surface area contributed by atoms with E-state index in [2.05, 4.69) is 169 Å². The van der Waals surface area contributed by atoms with Crippen LogP contribution in [-0.4, -0.2) is 14.5 Å². The third kappa shape index (κ3) is 5.70. The Balaban J connectivity index is 1.05. The largest absolute Gasteiger partial charge is 0.315 e. The molecule has 0 atom stereocenters. The zero-order chi connectivity index (χ0) is 35.3. The SMILES string of the molecule is Cc1ccc2c(ccn2-c2cccc3c2sc2ccc(-c4cccc(-c5cc(-c6ccc(-c7ccccc7)cc6)nc(-c6ccccc6)n5)c4)cc23)c1. The van der Waals surface area contributed by atoms with Gasteiger partial charge in [0.1, 0.15) is 0 Å². The Labute approximate surface area is 312 Å². The number of nitrogens with zero attached hydrogens (tertiary/aromatic N) is 3. The molecule has 0 amide bonds. The third-order valence-corrected chi connectivity index (χ3v) is 11.3. The highest BCUT2D eigenvalue weighted by atomic mass is 32.1. The zero-order valence-corrected chi connectivity index (χ0v) is 29.9. The van der Waals surface area contributed by atoms with E-state index in [4.69, 9.17) is 9.97 Å². The lowest BCUT2D eigenvalue weighted by Gasteiger charge is -2.11. The standard InChI is InChI=1S/C49H33N3S/c1-32-18-24-45-40(28-32)26-27-52(45)46-17-9-16-41-42-30-38(23-25-47(42)53-48(41)46)37-14-8-15-39(29-37)44-31-43(50-49(51-44)36-12-6-3-7-13-36)35-21-19-34(20-22-35)33-10-4-2-5-11-33/h2-31H,1H3. The number of aromatic nitrogens is 3. The molecule has 0 unspecified atom stereocenters. The highest BCUT2D eigenvalue weighted by molar-refractivity contribution is 7.26. The maximum atomic E-state index is 5.13. The Morgan fingerprint density at radius 1 is 0.453 bits per heavy atom. The van der Waals surface area contributed by atoms with Gasteiger partial charge in [-0.2, -0.15) is 0 Å². The van der Waals surface area contributed by atoms with Crippen molar-refractivity contribution in [1.82, 2.24) is 14.5 Å². The molecule has 0 saturated carbocycles. The van der Waals surface area contributed by atoms with Gasteiger partial charge in [-0.25, -0.2) is 9.97 Å². The predicted molar refractivity (Wildman–Crippen MR) is 224 cm³/mol. The summed E-state index contributed by atoms with van der Waals surface area (Å²) in [6, 6.07) is 62.7. The quantitative estimate of drug-likeness (QED) is 0.173. The first-order chi connectivity index (χ1) is 26.1. The van der Waals surface area contributed by atoms with Crippen molar-refractivity contribution in [2.24, 2.45) is 0 Å². The molecular formula is C49H33N3S. The van der Waals surface area contributed by atoms with Crippen LogP contribution in [0.3, 0.4) is 0 Å². The van der Waals surface area contributed by atoms with Crippen LogP contribution in [0.2, 0.25) is 0 Å². The second kappa shape index (κ2) is 12.9. The predicted octanol–water partition coefficient (Wildman–Crippen LogP) is 13.4. The van der Waals surface area contributed by atoms with Crippen molar-refractivity contribution >= 4 is 42.4 Å². The normalized spacial score (nSPS) is 11.5. The molecule has 7 aromatic carbocycles. The van der Waals surface area contributed by atoms with Crippen molar-refractivity contribution in [1.29, 1.82) is 0 Å². The number of thiophene rings is 1. The van der Waals surface area contributed by atoms with E-state index >= 15 is 0 Å². The van der Waals surface area contributed by atoms with Crippen LogP contribution in [0.4, 0.5) is 0 Å². The van der Waals surface area contributed by atoms with Crippen molar-refractivity contribution in [2.75, 3.05) is 0 Å². The van der Waals surface area contributed by atoms with Crippen LogP contribution in [-0.2, 0) is 0 Å². The summed E-state index contributed by atoms with van der Waals surface area (Å²) in [5, 5.41) is 3.82. The molecule has 0 N–H and O–H groups in total. The maximum absolute atomic E-state index is 5.13. The van der Waals surface area contributed by atoms with E-state index < -0.39 is 0 Å². The lowest BCUT2D eigenvalue weighted by molar-refractivity contribution is 1.15. The van der Waals surface area contributed by atoms with Gasteiger partial charge in [0.15, 0.2) is 5.82 Å². The summed E-state index contributed by atoms with van der Waals surface area (Å²) < 4.78 is 4.91. The van der Waals surface area contributed by atoms with Crippen LogP contribution >= 0.6 is 11.3 Å². The number of fused-ring (bicyclic) bond motifs is 4. The van der Waals surface area contributed by atoms with Gasteiger partial charge in [0.25, 0.3) is 0 Å². The van der Waals surface area contributed by atoms with Crippen molar-refractivity contribution < 1.29 is 0 Å². The first kappa shape index (κ1) is 31.1. The fourth-order valence-corrected chi connectivity index (χ4v) is 8.60. The molecule has 4 heteroatoms. The average Bonchev–Trinajstić information content (AvgIpc) is 3.82. The van der Waals surface area contributed by atoms with E-state index in [9.17, 15) is 0 Å². The molecule has 0 aliphatic rings. The molecule has 0 fully saturated rings. The molecule has 0 spiro atoms. The monoisotopic (exact) mass is 695 g/mol. The summed E-state index contributed by atoms with van der Waals surface area (Å²) in [4.78, 5) is 10.2. The van der Waals surface area contributed by atoms with Crippen molar-refractivity contribution in [3.05, 3.63) is 188 Å². The lowest BCUT2D eigenvalue weighted by Crippen LogP contribution is -1.96. The van der Waals surface area contributed by atoms with E-state index in [0.29, 0.717) is 5.82 Å². The molecule has 0 saturated heterocycles. The molecule has 0 aliphatic carbocycles. The summed E-state index contributed by atoms with van der Waals surface area (Å²) in [5.41, 5.74) is 13.3. The molecule has 10 rings (SSSR count). The summed E-state index contributed by atoms with van der Waals surface area (Å²) in [5.74, 6) is 0.711. The van der Waals surface area contributed by atoms with Gasteiger partial charge in [0.2, 0.25) is 0 Å². The Hall–Kier alpha value is -6.62. The van der Waals surface area contributed by atoms with Gasteiger partial charge in [0, 0.05) is 43.7 Å². The van der Waals surface area contributed by atoms with Gasteiger partial charge >= 0.3 is 0 Å². The average molecular weight is 696 g/mol. The first-order valence-electron chi connectivity index (χ1n) is 17.9. The topological polar surface area (TPSA) is 30.7 Å². The van der Waals surface area contributed by atoms with E-state index in [-0.39, 0.29) is 0 Å². The molecule has 3 nitrogen and oxygen atoms in total. The number of hydrogen-bond acceptors (Lipinski definition) is 3. The number of benzene rings is 7. The Morgan fingerprint density at radius 2 is 1.09 bits per heavy atom. The van der Waals surface area contributed by atoms with Gasteiger partial charge in [-0.3, -0.25) is 0 Å². The highest BCUT2D eigenvalue weighted by Gasteiger charge is 2.15. The minimum absolute atomic E-state index is 0.711. The van der Waals surface area contributed by atoms with E-state index in [1.807, 2.05) is 35.6 Å². The van der Waals surface area contributed by atoms with Gasteiger partial charge in [-0.05, 0) is 77.7 Å². The van der Waals surface area contributed by atoms with Crippen LogP contribution in [0.5, 0.6) is 0 Å². The molecule has 53 heavy (non-hydrogen) atoms. The van der Waals surface area contributed by atoms with Crippen LogP contribution in [0.15, 0.2) is 182 Å². The van der Waals surface area contributed by atoms with Gasteiger partial charge in [-0.15, -0.1) is 11.3 Å². The second-order valence-electron chi connectivity index (χ2n) is 13.6. The van der Waals surface area contributed by atoms with Crippen LogP contribution in [0.1, 0.15) is 5.56 Å². The Morgan fingerprint density at radius 3 is 1.91 bits per heavy atom. The number of hydrogen-bond donors (Lipinski definition) is 0. The molecule has 3 heterocycles. The van der Waals surface area contributed by atoms with Crippen molar-refractivity contribution in [2.45, 2.75) is 6.92 Å². The second-order valence-corrected chi connectivity index (χ2v) is 14.6. The minimum Gasteiger partial charge on any atom is -0.315 e. The summed E-state index contributed by atoms with van der Waals surface area (Å²) >= 11 is 1.86. The van der Waals surface area contributed by atoms with Gasteiger partial charge in [0.05, 0.1) is 27.3 Å². The molecule has 0 bridgehead atoms. The van der Waals surface area contributed by atoms with Gasteiger partial charge < -0.3 is 4.57 Å². The smallest absolute Gasteiger partial charge is 0.160 e. The van der Waals surface area contributed by atoms with E-state index in [0.717, 1.165) is 33.6 Å². The summed E-state index contributed by atoms with van der Waals surface area (Å²) in [6.07, 6.45) is 2.20. The third-order valence-electron chi connectivity index (χ3n) is 10.1. The van der Waals surface area contributed by atoms with E-state index in [1.54, 1.807) is 0 Å². The fraction of sp³-hybridized carbons (Fsp3) is 0.0204. The van der Waals surface area contributed by atoms with Crippen molar-refractivity contribution in [3.8, 4) is 61.8 Å². The van der Waals surface area contributed by atoms with Gasteiger partial charge in [-0.1, -0.05) is 133 Å².